The molecule has 0 saturated heterocycles. The number of carboxylic acids is 1. The van der Waals surface area contributed by atoms with E-state index < -0.39 is 48.4 Å². The minimum absolute atomic E-state index is 0.112. The summed E-state index contributed by atoms with van der Waals surface area (Å²) in [6.07, 6.45) is 2.22. The predicted octanol–water partition coefficient (Wildman–Crippen LogP) is -0.0981. The Morgan fingerprint density at radius 2 is 1.64 bits per heavy atom. The van der Waals surface area contributed by atoms with Crippen LogP contribution in [0.15, 0.2) is 30.3 Å². The Bertz CT molecular complexity index is 772. The molecule has 33 heavy (non-hydrogen) atoms. The molecule has 0 heterocycles. The fraction of sp³-hybridized carbons (Fsp3) is 0.565. The van der Waals surface area contributed by atoms with E-state index in [9.17, 15) is 24.3 Å². The molecule has 0 saturated carbocycles. The van der Waals surface area contributed by atoms with Gasteiger partial charge in [-0.05, 0) is 43.7 Å². The highest BCUT2D eigenvalue weighted by atomic mass is 16.4. The third-order valence-electron chi connectivity index (χ3n) is 4.98. The van der Waals surface area contributed by atoms with Crippen molar-refractivity contribution in [3.05, 3.63) is 35.9 Å². The first kappa shape index (κ1) is 28.1. The van der Waals surface area contributed by atoms with Gasteiger partial charge in [0.25, 0.3) is 0 Å². The molecule has 0 aliphatic heterocycles. The van der Waals surface area contributed by atoms with Gasteiger partial charge < -0.3 is 32.5 Å². The van der Waals surface area contributed by atoms with Crippen LogP contribution in [-0.4, -0.2) is 60.0 Å². The lowest BCUT2D eigenvalue weighted by molar-refractivity contribution is -0.141. The first-order valence-electron chi connectivity index (χ1n) is 11.2. The standard InChI is InChI=1S/C23H37N5O5/c1-15(2)12-17(25)21(30)28-18(10-6-7-11-24)22(31)26-14-20(29)27-19(23(32)33)13-16-8-4-3-5-9-16/h3-5,8-9,15,17-19H,6-7,10-14,24-25H2,1-2H3,(H,26,31)(H,27,29)(H,28,30)(H,32,33). The Morgan fingerprint density at radius 3 is 2.21 bits per heavy atom. The van der Waals surface area contributed by atoms with Gasteiger partial charge in [-0.2, -0.15) is 0 Å². The third kappa shape index (κ3) is 11.4. The molecule has 0 aliphatic carbocycles. The van der Waals surface area contributed by atoms with Crippen molar-refractivity contribution >= 4 is 23.7 Å². The maximum atomic E-state index is 12.6. The molecular weight excluding hydrogens is 426 g/mol. The van der Waals surface area contributed by atoms with Gasteiger partial charge in [-0.25, -0.2) is 4.79 Å². The number of unbranched alkanes of at least 4 members (excludes halogenated alkanes) is 1. The highest BCUT2D eigenvalue weighted by Crippen LogP contribution is 2.06. The number of rotatable bonds is 15. The number of aliphatic carboxylic acids is 1. The van der Waals surface area contributed by atoms with Crippen molar-refractivity contribution in [3.63, 3.8) is 0 Å². The minimum atomic E-state index is -1.18. The number of hydrogen-bond acceptors (Lipinski definition) is 6. The van der Waals surface area contributed by atoms with E-state index in [-0.39, 0.29) is 12.3 Å². The second kappa shape index (κ2) is 15.0. The Labute approximate surface area is 194 Å². The van der Waals surface area contributed by atoms with Crippen LogP contribution in [-0.2, 0) is 25.6 Å². The van der Waals surface area contributed by atoms with Crippen LogP contribution >= 0.6 is 0 Å². The normalized spacial score (nSPS) is 13.6. The minimum Gasteiger partial charge on any atom is -0.480 e. The van der Waals surface area contributed by atoms with Crippen molar-refractivity contribution in [1.29, 1.82) is 0 Å². The maximum absolute atomic E-state index is 12.6. The summed E-state index contributed by atoms with van der Waals surface area (Å²) in [6.45, 7) is 3.92. The number of benzene rings is 1. The number of nitrogens with two attached hydrogens (primary N) is 2. The van der Waals surface area contributed by atoms with Gasteiger partial charge in [-0.15, -0.1) is 0 Å². The molecule has 1 rings (SSSR count). The Hall–Kier alpha value is -2.98. The fourth-order valence-corrected chi connectivity index (χ4v) is 3.24. The Morgan fingerprint density at radius 1 is 0.970 bits per heavy atom. The molecule has 0 aliphatic rings. The molecule has 10 nitrogen and oxygen atoms in total. The molecule has 0 bridgehead atoms. The molecule has 3 unspecified atom stereocenters. The summed E-state index contributed by atoms with van der Waals surface area (Å²) in [4.78, 5) is 48.8. The predicted molar refractivity (Wildman–Crippen MR) is 125 cm³/mol. The average Bonchev–Trinajstić information content (AvgIpc) is 2.76. The summed E-state index contributed by atoms with van der Waals surface area (Å²) in [7, 11) is 0. The van der Waals surface area contributed by atoms with Crippen LogP contribution in [0.1, 0.15) is 45.1 Å². The van der Waals surface area contributed by atoms with Gasteiger partial charge in [0.2, 0.25) is 17.7 Å². The lowest BCUT2D eigenvalue weighted by atomic mass is 10.0. The first-order chi connectivity index (χ1) is 15.6. The topological polar surface area (TPSA) is 177 Å². The van der Waals surface area contributed by atoms with Gasteiger partial charge in [0.15, 0.2) is 0 Å². The van der Waals surface area contributed by atoms with E-state index in [2.05, 4.69) is 16.0 Å². The van der Waals surface area contributed by atoms with Gasteiger partial charge >= 0.3 is 5.97 Å². The lowest BCUT2D eigenvalue weighted by Gasteiger charge is -2.21. The Kier molecular flexibility index (Phi) is 12.7. The molecule has 3 atom stereocenters. The van der Waals surface area contributed by atoms with E-state index in [0.29, 0.717) is 32.2 Å². The summed E-state index contributed by atoms with van der Waals surface area (Å²) in [5, 5.41) is 17.0. The highest BCUT2D eigenvalue weighted by Gasteiger charge is 2.25. The second-order valence-electron chi connectivity index (χ2n) is 8.45. The van der Waals surface area contributed by atoms with E-state index in [4.69, 9.17) is 11.5 Å². The zero-order valence-corrected chi connectivity index (χ0v) is 19.4. The third-order valence-corrected chi connectivity index (χ3v) is 4.98. The van der Waals surface area contributed by atoms with Crippen molar-refractivity contribution in [2.45, 2.75) is 64.1 Å². The van der Waals surface area contributed by atoms with E-state index in [1.807, 2.05) is 19.9 Å². The Balaban J connectivity index is 2.66. The molecule has 0 radical (unpaired) electrons. The fourth-order valence-electron chi connectivity index (χ4n) is 3.24. The van der Waals surface area contributed by atoms with Crippen molar-refractivity contribution in [1.82, 2.24) is 16.0 Å². The van der Waals surface area contributed by atoms with Gasteiger partial charge in [-0.1, -0.05) is 44.2 Å². The summed E-state index contributed by atoms with van der Waals surface area (Å²) >= 11 is 0. The lowest BCUT2D eigenvalue weighted by Crippen LogP contribution is -2.53. The van der Waals surface area contributed by atoms with Gasteiger partial charge in [-0.3, -0.25) is 14.4 Å². The maximum Gasteiger partial charge on any atom is 0.326 e. The second-order valence-corrected chi connectivity index (χ2v) is 8.45. The number of nitrogens with one attached hydrogen (secondary N) is 3. The molecule has 8 N–H and O–H groups in total. The number of carboxylic acid groups (broad SMARTS) is 1. The highest BCUT2D eigenvalue weighted by molar-refractivity contribution is 5.92. The number of hydrogen-bond donors (Lipinski definition) is 6. The summed E-state index contributed by atoms with van der Waals surface area (Å²) in [5.74, 6) is -2.58. The van der Waals surface area contributed by atoms with Crippen molar-refractivity contribution in [2.24, 2.45) is 17.4 Å². The van der Waals surface area contributed by atoms with Crippen molar-refractivity contribution < 1.29 is 24.3 Å². The van der Waals surface area contributed by atoms with Gasteiger partial charge in [0.1, 0.15) is 12.1 Å². The molecule has 1 aromatic rings. The van der Waals surface area contributed by atoms with Crippen LogP contribution in [0.5, 0.6) is 0 Å². The van der Waals surface area contributed by atoms with Crippen LogP contribution < -0.4 is 27.4 Å². The summed E-state index contributed by atoms with van der Waals surface area (Å²) in [6, 6.07) is 6.16. The molecule has 10 heteroatoms. The van der Waals surface area contributed by atoms with E-state index in [0.717, 1.165) is 5.56 Å². The largest absolute Gasteiger partial charge is 0.480 e. The molecule has 3 amide bonds. The summed E-state index contributed by atoms with van der Waals surface area (Å²) in [5.41, 5.74) is 12.2. The zero-order chi connectivity index (χ0) is 24.8. The van der Waals surface area contributed by atoms with Gasteiger partial charge in [0.05, 0.1) is 12.6 Å². The molecular formula is C23H37N5O5. The molecule has 0 spiro atoms. The molecule has 184 valence electrons. The SMILES string of the molecule is CC(C)CC(N)C(=O)NC(CCCCN)C(=O)NCC(=O)NC(Cc1ccccc1)C(=O)O. The van der Waals surface area contributed by atoms with E-state index in [1.165, 1.54) is 0 Å². The van der Waals surface area contributed by atoms with E-state index >= 15 is 0 Å². The van der Waals surface area contributed by atoms with Crippen LogP contribution in [0, 0.1) is 5.92 Å². The molecule has 0 fully saturated rings. The van der Waals surface area contributed by atoms with Crippen molar-refractivity contribution in [2.75, 3.05) is 13.1 Å². The van der Waals surface area contributed by atoms with Crippen LogP contribution in [0.4, 0.5) is 0 Å². The first-order valence-corrected chi connectivity index (χ1v) is 11.2. The van der Waals surface area contributed by atoms with Crippen LogP contribution in [0.2, 0.25) is 0 Å². The van der Waals surface area contributed by atoms with Gasteiger partial charge in [0, 0.05) is 6.42 Å². The molecule has 0 aromatic heterocycles. The zero-order valence-electron chi connectivity index (χ0n) is 19.4. The smallest absolute Gasteiger partial charge is 0.326 e. The number of carbonyl (C=O) groups is 4. The van der Waals surface area contributed by atoms with Crippen LogP contribution in [0.25, 0.3) is 0 Å². The average molecular weight is 464 g/mol. The molecule has 1 aromatic carbocycles. The number of carbonyl (C=O) groups excluding carboxylic acids is 3. The van der Waals surface area contributed by atoms with Crippen molar-refractivity contribution in [3.8, 4) is 0 Å². The van der Waals surface area contributed by atoms with Crippen LogP contribution in [0.3, 0.4) is 0 Å². The monoisotopic (exact) mass is 463 g/mol. The quantitative estimate of drug-likeness (QED) is 0.197. The summed E-state index contributed by atoms with van der Waals surface area (Å²) < 4.78 is 0. The number of amides is 3. The van der Waals surface area contributed by atoms with E-state index in [1.54, 1.807) is 24.3 Å².